The van der Waals surface area contributed by atoms with Crippen molar-refractivity contribution in [3.63, 3.8) is 0 Å². The second kappa shape index (κ2) is 24.0. The Kier molecular flexibility index (Phi) is 19.2. The first kappa shape index (κ1) is 49.6. The molecule has 11 atom stereocenters. The van der Waals surface area contributed by atoms with Crippen LogP contribution in [0.25, 0.3) is 0 Å². The molecule has 2 heterocycles. The maximum Gasteiger partial charge on any atom is 0.245 e. The van der Waals surface area contributed by atoms with Crippen molar-refractivity contribution in [1.29, 1.82) is 0 Å². The Balaban J connectivity index is 1.58. The molecular formula is C38H52N8O14S2. The fourth-order valence-electron chi connectivity index (χ4n) is 6.13. The Hall–Kier alpha value is -5.05. The highest BCUT2D eigenvalue weighted by atomic mass is 33.1. The Labute approximate surface area is 363 Å². The molecule has 0 saturated carbocycles. The minimum Gasteiger partial charge on any atom is -0.508 e. The van der Waals surface area contributed by atoms with Gasteiger partial charge in [-0.2, -0.15) is 0 Å². The van der Waals surface area contributed by atoms with Crippen molar-refractivity contribution in [2.75, 3.05) is 31.2 Å². The van der Waals surface area contributed by atoms with E-state index in [2.05, 4.69) is 31.9 Å². The van der Waals surface area contributed by atoms with E-state index in [-0.39, 0.29) is 30.1 Å². The number of aliphatic hydroxyl groups is 4. The Morgan fingerprint density at radius 2 is 1.58 bits per heavy atom. The molecule has 2 aromatic rings. The maximum atomic E-state index is 14.1. The van der Waals surface area contributed by atoms with Gasteiger partial charge in [-0.05, 0) is 36.6 Å². The predicted molar refractivity (Wildman–Crippen MR) is 222 cm³/mol. The molecular weight excluding hydrogens is 857 g/mol. The number of aromatic hydroxyl groups is 1. The monoisotopic (exact) mass is 908 g/mol. The second-order valence-electron chi connectivity index (χ2n) is 14.4. The SMILES string of the molecule is C[C@@H](O[C@@H]1O[C@H](CO)[C@@H](O)[C@H](O)[C@H]1O)[C@H](NC(=O)[C@H]1CSSC[C@@H](NC(=O)[C@@H](N)Cc2ccc(O)cc2)C(=O)NCC(=O)N[C@@H](Cc2ccccc2)C(=O)N1)C(=O)NCC(N)=O. The number of ether oxygens (including phenoxy) is 2. The van der Waals surface area contributed by atoms with E-state index in [1.807, 2.05) is 0 Å². The number of hydrogen-bond donors (Lipinski definition) is 13. The van der Waals surface area contributed by atoms with E-state index < -0.39 is 128 Å². The molecule has 2 aliphatic rings. The molecule has 62 heavy (non-hydrogen) atoms. The van der Waals surface area contributed by atoms with Gasteiger partial charge in [-0.25, -0.2) is 0 Å². The third-order valence-corrected chi connectivity index (χ3v) is 12.0. The van der Waals surface area contributed by atoms with Crippen molar-refractivity contribution in [3.8, 4) is 5.75 Å². The molecule has 24 heteroatoms. The Morgan fingerprint density at radius 1 is 0.903 bits per heavy atom. The van der Waals surface area contributed by atoms with Gasteiger partial charge in [-0.1, -0.05) is 64.1 Å². The quantitative estimate of drug-likeness (QED) is 0.0743. The lowest BCUT2D eigenvalue weighted by atomic mass is 9.99. The van der Waals surface area contributed by atoms with Gasteiger partial charge in [0.1, 0.15) is 54.3 Å². The van der Waals surface area contributed by atoms with Gasteiger partial charge in [0.15, 0.2) is 6.29 Å². The molecule has 0 radical (unpaired) electrons. The lowest BCUT2D eigenvalue weighted by molar-refractivity contribution is -0.311. The van der Waals surface area contributed by atoms with E-state index >= 15 is 0 Å². The summed E-state index contributed by atoms with van der Waals surface area (Å²) in [5, 5.41) is 65.2. The van der Waals surface area contributed by atoms with Crippen LogP contribution < -0.4 is 43.4 Å². The fourth-order valence-corrected chi connectivity index (χ4v) is 8.45. The molecule has 2 aromatic carbocycles. The number of primary amides is 1. The molecule has 0 unspecified atom stereocenters. The first-order valence-corrected chi connectivity index (χ1v) is 21.8. The number of phenols is 1. The summed E-state index contributed by atoms with van der Waals surface area (Å²) in [7, 11) is 2.03. The van der Waals surface area contributed by atoms with Crippen molar-refractivity contribution < 1.29 is 68.6 Å². The predicted octanol–water partition coefficient (Wildman–Crippen LogP) is -5.24. The zero-order valence-electron chi connectivity index (χ0n) is 33.4. The van der Waals surface area contributed by atoms with Crippen LogP contribution in [-0.4, -0.2) is 165 Å². The number of hydrogen-bond acceptors (Lipinski definition) is 17. The van der Waals surface area contributed by atoms with Gasteiger partial charge in [0, 0.05) is 17.9 Å². The van der Waals surface area contributed by atoms with E-state index in [0.717, 1.165) is 21.6 Å². The Bertz CT molecular complexity index is 1870. The minimum atomic E-state index is -1.88. The number of nitrogens with one attached hydrogen (secondary N) is 6. The van der Waals surface area contributed by atoms with Crippen LogP contribution in [0.5, 0.6) is 5.75 Å². The molecule has 15 N–H and O–H groups in total. The highest BCUT2D eigenvalue weighted by Gasteiger charge is 2.46. The van der Waals surface area contributed by atoms with Crippen LogP contribution >= 0.6 is 21.6 Å². The summed E-state index contributed by atoms with van der Waals surface area (Å²) in [6.07, 6.45) is -9.97. The highest BCUT2D eigenvalue weighted by molar-refractivity contribution is 8.76. The van der Waals surface area contributed by atoms with Crippen LogP contribution in [0.4, 0.5) is 0 Å². The van der Waals surface area contributed by atoms with Crippen molar-refractivity contribution in [3.05, 3.63) is 65.7 Å². The zero-order valence-corrected chi connectivity index (χ0v) is 35.0. The lowest BCUT2D eigenvalue weighted by Crippen LogP contribution is -2.63. The van der Waals surface area contributed by atoms with Gasteiger partial charge in [0.05, 0.1) is 31.8 Å². The third kappa shape index (κ3) is 14.8. The lowest BCUT2D eigenvalue weighted by Gasteiger charge is -2.41. The van der Waals surface area contributed by atoms with Gasteiger partial charge < -0.3 is 78.4 Å². The molecule has 7 amide bonds. The van der Waals surface area contributed by atoms with Crippen LogP contribution in [0.1, 0.15) is 18.1 Å². The Morgan fingerprint density at radius 3 is 2.24 bits per heavy atom. The summed E-state index contributed by atoms with van der Waals surface area (Å²) >= 11 is 0. The van der Waals surface area contributed by atoms with Gasteiger partial charge in [-0.3, -0.25) is 33.6 Å². The number of benzene rings is 2. The van der Waals surface area contributed by atoms with E-state index in [0.29, 0.717) is 11.1 Å². The fraction of sp³-hybridized carbons (Fsp3) is 0.500. The first-order valence-electron chi connectivity index (χ1n) is 19.3. The van der Waals surface area contributed by atoms with Gasteiger partial charge in [-0.15, -0.1) is 0 Å². The van der Waals surface area contributed by atoms with Crippen molar-refractivity contribution in [1.82, 2.24) is 31.9 Å². The topological polar surface area (TPSA) is 363 Å². The summed E-state index contributed by atoms with van der Waals surface area (Å²) in [5.74, 6) is -6.28. The summed E-state index contributed by atoms with van der Waals surface area (Å²) < 4.78 is 11.1. The molecule has 0 spiro atoms. The van der Waals surface area contributed by atoms with E-state index in [4.69, 9.17) is 20.9 Å². The van der Waals surface area contributed by atoms with Crippen LogP contribution in [0.3, 0.4) is 0 Å². The molecule has 2 aliphatic heterocycles. The number of nitrogens with two attached hydrogens (primary N) is 2. The normalized spacial score (nSPS) is 26.5. The highest BCUT2D eigenvalue weighted by Crippen LogP contribution is 2.25. The van der Waals surface area contributed by atoms with Crippen molar-refractivity contribution >= 4 is 62.9 Å². The van der Waals surface area contributed by atoms with Gasteiger partial charge in [0.2, 0.25) is 41.4 Å². The average molecular weight is 909 g/mol. The first-order chi connectivity index (χ1) is 29.5. The summed E-state index contributed by atoms with van der Waals surface area (Å²) in [4.78, 5) is 92.8. The average Bonchev–Trinajstić information content (AvgIpc) is 3.24. The molecule has 22 nitrogen and oxygen atoms in total. The van der Waals surface area contributed by atoms with E-state index in [9.17, 15) is 59.1 Å². The zero-order chi connectivity index (χ0) is 45.5. The summed E-state index contributed by atoms with van der Waals surface area (Å²) in [5.41, 5.74) is 12.6. The van der Waals surface area contributed by atoms with Crippen molar-refractivity contribution in [2.45, 2.75) is 86.8 Å². The summed E-state index contributed by atoms with van der Waals surface area (Å²) in [6.45, 7) is -0.778. The third-order valence-electron chi connectivity index (χ3n) is 9.59. The second-order valence-corrected chi connectivity index (χ2v) is 17.0. The largest absolute Gasteiger partial charge is 0.508 e. The standard InChI is InChI=1S/C38H52N8O14S2/c1-18(59-38-32(53)31(52)30(51)26(15-47)60-38)29(37(58)41-13-27(40)49)46-36(57)25-17-62-61-16-24(44-33(54)22(39)11-20-7-9-21(48)10-8-20)34(55)42-14-28(50)43-23(35(56)45-25)12-19-5-3-2-4-6-19/h2-10,18,22-26,29-32,38,47-48,51-53H,11-17,39H2,1H3,(H2,40,49)(H,41,58)(H,42,55)(H,43,50)(H,44,54)(H,45,56)(H,46,57)/t18-,22+,23+,24-,25-,26-,29+,30-,31+,32-,38-/m1/s1. The van der Waals surface area contributed by atoms with E-state index in [1.165, 1.54) is 19.1 Å². The molecule has 4 rings (SSSR count). The van der Waals surface area contributed by atoms with Crippen LogP contribution in [0.15, 0.2) is 54.6 Å². The van der Waals surface area contributed by atoms with Gasteiger partial charge in [0.25, 0.3) is 0 Å². The van der Waals surface area contributed by atoms with Crippen LogP contribution in [0.2, 0.25) is 0 Å². The smallest absolute Gasteiger partial charge is 0.245 e. The molecule has 0 aliphatic carbocycles. The molecule has 0 aromatic heterocycles. The van der Waals surface area contributed by atoms with Crippen LogP contribution in [-0.2, 0) is 55.9 Å². The number of rotatable bonds is 15. The number of phenolic OH excluding ortho intramolecular Hbond substituents is 1. The van der Waals surface area contributed by atoms with E-state index in [1.54, 1.807) is 42.5 Å². The molecule has 2 fully saturated rings. The summed E-state index contributed by atoms with van der Waals surface area (Å²) in [6, 6.07) is 7.80. The molecule has 340 valence electrons. The number of carbonyl (C=O) groups excluding carboxylic acids is 7. The van der Waals surface area contributed by atoms with Crippen LogP contribution in [0, 0.1) is 0 Å². The molecule has 2 saturated heterocycles. The number of aliphatic hydroxyl groups excluding tert-OH is 4. The minimum absolute atomic E-state index is 0.0216. The van der Waals surface area contributed by atoms with Gasteiger partial charge >= 0.3 is 0 Å². The van der Waals surface area contributed by atoms with Crippen molar-refractivity contribution in [2.24, 2.45) is 11.5 Å². The maximum absolute atomic E-state index is 14.1. The number of amides is 7. The number of carbonyl (C=O) groups is 7. The molecule has 0 bridgehead atoms.